The summed E-state index contributed by atoms with van der Waals surface area (Å²) in [4.78, 5) is 38.3. The minimum Gasteiger partial charge on any atom is -0.394 e. The molecule has 3 aliphatic rings. The summed E-state index contributed by atoms with van der Waals surface area (Å²) < 4.78 is 5.90. The Morgan fingerprint density at radius 3 is 2.17 bits per heavy atom. The molecule has 24 heavy (non-hydrogen) atoms. The van der Waals surface area contributed by atoms with E-state index < -0.39 is 35.0 Å². The zero-order chi connectivity index (χ0) is 17.7. The zero-order valence-corrected chi connectivity index (χ0v) is 13.7. The molecule has 0 aliphatic carbocycles. The van der Waals surface area contributed by atoms with Crippen LogP contribution in [0.2, 0.25) is 0 Å². The summed E-state index contributed by atoms with van der Waals surface area (Å²) in [5, 5.41) is 20.4. The third kappa shape index (κ3) is 2.37. The average Bonchev–Trinajstić information content (AvgIpc) is 3.08. The second kappa shape index (κ2) is 5.65. The number of rotatable bonds is 6. The molecule has 3 N–H and O–H groups in total. The maximum Gasteiger partial charge on any atom is 0.236 e. The Bertz CT molecular complexity index is 580. The largest absolute Gasteiger partial charge is 0.394 e. The van der Waals surface area contributed by atoms with Crippen LogP contribution in [0, 0.1) is 11.8 Å². The molecule has 0 radical (unpaired) electrons. The van der Waals surface area contributed by atoms with Gasteiger partial charge >= 0.3 is 0 Å². The summed E-state index contributed by atoms with van der Waals surface area (Å²) in [5.41, 5.74) is -1.55. The fourth-order valence-corrected chi connectivity index (χ4v) is 3.97. The molecule has 0 spiro atoms. The van der Waals surface area contributed by atoms with Crippen molar-refractivity contribution in [2.24, 2.45) is 11.8 Å². The van der Waals surface area contributed by atoms with Crippen LogP contribution in [0.5, 0.6) is 0 Å². The van der Waals surface area contributed by atoms with Gasteiger partial charge in [-0.15, -0.1) is 0 Å². The van der Waals surface area contributed by atoms with Crippen molar-refractivity contribution in [3.05, 3.63) is 12.2 Å². The van der Waals surface area contributed by atoms with Crippen LogP contribution in [0.15, 0.2) is 12.2 Å². The minimum absolute atomic E-state index is 0.0216. The molecule has 3 aliphatic heterocycles. The number of nitrogens with zero attached hydrogens (tertiary/aromatic N) is 1. The lowest BCUT2D eigenvalue weighted by atomic mass is 9.73. The van der Waals surface area contributed by atoms with Gasteiger partial charge in [-0.3, -0.25) is 19.3 Å². The standard InChI is InChI=1S/C16H22N2O6/c1-15-4-5-16(2,24-15)12-11(15)13(22)18(14(12)23)6-3-10(21)17-9(7-19)8-20/h4-5,9,11-12,19-20H,3,6-8H2,1-2H3,(H,17,21)/t11-,12+,15?,16?. The first kappa shape index (κ1) is 17.1. The minimum atomic E-state index is -0.776. The van der Waals surface area contributed by atoms with Crippen molar-refractivity contribution in [1.82, 2.24) is 10.2 Å². The Kier molecular flexibility index (Phi) is 4.01. The van der Waals surface area contributed by atoms with Crippen molar-refractivity contribution >= 4 is 17.7 Å². The van der Waals surface area contributed by atoms with Gasteiger partial charge < -0.3 is 20.3 Å². The fourth-order valence-electron chi connectivity index (χ4n) is 3.97. The van der Waals surface area contributed by atoms with Crippen molar-refractivity contribution in [3.63, 3.8) is 0 Å². The molecule has 2 saturated heterocycles. The number of nitrogens with one attached hydrogen (secondary N) is 1. The normalized spacial score (nSPS) is 36.8. The summed E-state index contributed by atoms with van der Waals surface area (Å²) in [6, 6.07) is -0.742. The van der Waals surface area contributed by atoms with Crippen LogP contribution >= 0.6 is 0 Å². The molecule has 0 aromatic rings. The van der Waals surface area contributed by atoms with Crippen LogP contribution in [0.3, 0.4) is 0 Å². The van der Waals surface area contributed by atoms with E-state index in [-0.39, 0.29) is 38.0 Å². The number of hydrogen-bond donors (Lipinski definition) is 3. The summed E-state index contributed by atoms with van der Waals surface area (Å²) in [7, 11) is 0. The van der Waals surface area contributed by atoms with Gasteiger partial charge in [0.1, 0.15) is 0 Å². The van der Waals surface area contributed by atoms with Gasteiger partial charge in [0.2, 0.25) is 17.7 Å². The molecule has 0 aromatic carbocycles. The number of amides is 3. The number of aliphatic hydroxyl groups excluding tert-OH is 2. The summed E-state index contributed by atoms with van der Waals surface area (Å²) in [5.74, 6) is -2.16. The van der Waals surface area contributed by atoms with Crippen molar-refractivity contribution in [2.75, 3.05) is 19.8 Å². The predicted octanol–water partition coefficient (Wildman–Crippen LogP) is -1.44. The Balaban J connectivity index is 1.66. The Hall–Kier alpha value is -1.77. The molecule has 3 amide bonds. The van der Waals surface area contributed by atoms with Gasteiger partial charge in [0, 0.05) is 13.0 Å². The van der Waals surface area contributed by atoms with E-state index in [1.165, 1.54) is 0 Å². The van der Waals surface area contributed by atoms with E-state index in [1.54, 1.807) is 13.8 Å². The van der Waals surface area contributed by atoms with E-state index in [4.69, 9.17) is 14.9 Å². The van der Waals surface area contributed by atoms with E-state index in [9.17, 15) is 14.4 Å². The highest BCUT2D eigenvalue weighted by Crippen LogP contribution is 2.56. The molecule has 3 heterocycles. The molecule has 4 atom stereocenters. The number of fused-ring (bicyclic) bond motifs is 5. The van der Waals surface area contributed by atoms with Crippen LogP contribution in [0.1, 0.15) is 20.3 Å². The van der Waals surface area contributed by atoms with Gasteiger partial charge in [0.15, 0.2) is 0 Å². The van der Waals surface area contributed by atoms with Gasteiger partial charge in [-0.1, -0.05) is 12.2 Å². The Labute approximate surface area is 139 Å². The number of likely N-dealkylation sites (tertiary alicyclic amines) is 1. The molecule has 132 valence electrons. The lowest BCUT2D eigenvalue weighted by molar-refractivity contribution is -0.146. The number of aliphatic hydroxyl groups is 2. The molecule has 8 heteroatoms. The number of imide groups is 1. The van der Waals surface area contributed by atoms with Crippen LogP contribution in [0.25, 0.3) is 0 Å². The number of carbonyl (C=O) groups is 3. The molecular weight excluding hydrogens is 316 g/mol. The first-order chi connectivity index (χ1) is 11.3. The fraction of sp³-hybridized carbons (Fsp3) is 0.688. The highest BCUT2D eigenvalue weighted by molar-refractivity contribution is 6.07. The lowest BCUT2D eigenvalue weighted by Crippen LogP contribution is -2.43. The Morgan fingerprint density at radius 2 is 1.71 bits per heavy atom. The van der Waals surface area contributed by atoms with Crippen LogP contribution in [-0.4, -0.2) is 69.8 Å². The average molecular weight is 338 g/mol. The second-order valence-electron chi connectivity index (χ2n) is 6.97. The first-order valence-corrected chi connectivity index (χ1v) is 8.02. The van der Waals surface area contributed by atoms with Crippen LogP contribution < -0.4 is 5.32 Å². The van der Waals surface area contributed by atoms with E-state index in [0.717, 1.165) is 4.90 Å². The number of ether oxygens (including phenoxy) is 1. The maximum atomic E-state index is 12.7. The van der Waals surface area contributed by atoms with Gasteiger partial charge in [-0.25, -0.2) is 0 Å². The third-order valence-corrected chi connectivity index (χ3v) is 5.19. The maximum absolute atomic E-state index is 12.7. The Morgan fingerprint density at radius 1 is 1.21 bits per heavy atom. The van der Waals surface area contributed by atoms with Crippen molar-refractivity contribution in [1.29, 1.82) is 0 Å². The number of hydrogen-bond acceptors (Lipinski definition) is 6. The molecular formula is C16H22N2O6. The smallest absolute Gasteiger partial charge is 0.236 e. The molecule has 0 aromatic heterocycles. The van der Waals surface area contributed by atoms with Crippen molar-refractivity contribution in [2.45, 2.75) is 37.5 Å². The molecule has 0 saturated carbocycles. The highest BCUT2D eigenvalue weighted by atomic mass is 16.5. The van der Waals surface area contributed by atoms with Crippen LogP contribution in [0.4, 0.5) is 0 Å². The molecule has 3 rings (SSSR count). The van der Waals surface area contributed by atoms with Gasteiger partial charge in [0.05, 0.1) is 42.3 Å². The quantitative estimate of drug-likeness (QED) is 0.404. The zero-order valence-electron chi connectivity index (χ0n) is 13.7. The molecule has 2 fully saturated rings. The molecule has 2 unspecified atom stereocenters. The number of carbonyl (C=O) groups excluding carboxylic acids is 3. The van der Waals surface area contributed by atoms with E-state index in [1.807, 2.05) is 12.2 Å². The van der Waals surface area contributed by atoms with E-state index in [2.05, 4.69) is 5.32 Å². The third-order valence-electron chi connectivity index (χ3n) is 5.19. The van der Waals surface area contributed by atoms with E-state index >= 15 is 0 Å². The highest BCUT2D eigenvalue weighted by Gasteiger charge is 2.70. The summed E-state index contributed by atoms with van der Waals surface area (Å²) >= 11 is 0. The topological polar surface area (TPSA) is 116 Å². The summed E-state index contributed by atoms with van der Waals surface area (Å²) in [6.45, 7) is 2.81. The lowest BCUT2D eigenvalue weighted by Gasteiger charge is -2.25. The van der Waals surface area contributed by atoms with Crippen LogP contribution in [-0.2, 0) is 19.1 Å². The monoisotopic (exact) mass is 338 g/mol. The van der Waals surface area contributed by atoms with Crippen molar-refractivity contribution in [3.8, 4) is 0 Å². The summed E-state index contributed by atoms with van der Waals surface area (Å²) in [6.07, 6.45) is 3.60. The molecule has 8 nitrogen and oxygen atoms in total. The molecule has 2 bridgehead atoms. The predicted molar refractivity (Wildman–Crippen MR) is 81.5 cm³/mol. The second-order valence-corrected chi connectivity index (χ2v) is 6.97. The van der Waals surface area contributed by atoms with E-state index in [0.29, 0.717) is 0 Å². The van der Waals surface area contributed by atoms with Gasteiger partial charge in [0.25, 0.3) is 0 Å². The first-order valence-electron chi connectivity index (χ1n) is 8.02. The van der Waals surface area contributed by atoms with Gasteiger partial charge in [-0.2, -0.15) is 0 Å². The SMILES string of the molecule is CC12C=CC(C)(O1)[C@H]1C(=O)N(CCC(=O)NC(CO)CO)C(=O)[C@H]12. The van der Waals surface area contributed by atoms with Crippen molar-refractivity contribution < 1.29 is 29.3 Å². The van der Waals surface area contributed by atoms with Gasteiger partial charge in [-0.05, 0) is 13.8 Å².